The van der Waals surface area contributed by atoms with E-state index in [2.05, 4.69) is 10.3 Å². The van der Waals surface area contributed by atoms with Crippen molar-refractivity contribution in [3.63, 3.8) is 0 Å². The van der Waals surface area contributed by atoms with E-state index in [-0.39, 0.29) is 23.3 Å². The normalized spacial score (nSPS) is 16.1. The lowest BCUT2D eigenvalue weighted by molar-refractivity contribution is -0.113. The number of hydrogen-bond acceptors (Lipinski definition) is 5. The van der Waals surface area contributed by atoms with Gasteiger partial charge in [0.15, 0.2) is 5.16 Å². The Morgan fingerprint density at radius 2 is 2.07 bits per heavy atom. The molecule has 0 saturated carbocycles. The van der Waals surface area contributed by atoms with Gasteiger partial charge in [0.1, 0.15) is 0 Å². The van der Waals surface area contributed by atoms with E-state index in [9.17, 15) is 9.59 Å². The molecule has 7 heteroatoms. The van der Waals surface area contributed by atoms with Gasteiger partial charge in [-0.15, -0.1) is 0 Å². The van der Waals surface area contributed by atoms with Gasteiger partial charge >= 0.3 is 0 Å². The Labute approximate surface area is 179 Å². The molecule has 4 rings (SSSR count). The van der Waals surface area contributed by atoms with Gasteiger partial charge in [-0.05, 0) is 62.1 Å². The number of fused-ring (bicyclic) bond motifs is 1. The van der Waals surface area contributed by atoms with Crippen molar-refractivity contribution in [2.24, 2.45) is 0 Å². The number of para-hydroxylation sites is 1. The van der Waals surface area contributed by atoms with Crippen molar-refractivity contribution in [3.05, 3.63) is 63.9 Å². The number of hydrogen-bond donors (Lipinski definition) is 1. The number of amides is 1. The van der Waals surface area contributed by atoms with Crippen LogP contribution >= 0.6 is 11.8 Å². The van der Waals surface area contributed by atoms with Crippen LogP contribution in [0.5, 0.6) is 0 Å². The molecule has 1 aliphatic heterocycles. The van der Waals surface area contributed by atoms with E-state index >= 15 is 0 Å². The maximum atomic E-state index is 13.1. The van der Waals surface area contributed by atoms with Crippen LogP contribution in [0, 0.1) is 13.8 Å². The van der Waals surface area contributed by atoms with Gasteiger partial charge in [-0.3, -0.25) is 14.2 Å². The third-order valence-corrected chi connectivity index (χ3v) is 6.34. The molecule has 1 N–H and O–H groups in total. The number of nitrogens with zero attached hydrogens (tertiary/aromatic N) is 2. The molecule has 6 nitrogen and oxygen atoms in total. The summed E-state index contributed by atoms with van der Waals surface area (Å²) >= 11 is 1.28. The number of anilines is 1. The summed E-state index contributed by atoms with van der Waals surface area (Å²) in [6, 6.07) is 13.2. The quantitative estimate of drug-likeness (QED) is 0.480. The first-order valence-corrected chi connectivity index (χ1v) is 11.1. The fraction of sp³-hybridized carbons (Fsp3) is 0.348. The molecule has 2 heterocycles. The van der Waals surface area contributed by atoms with Crippen LogP contribution in [0.3, 0.4) is 0 Å². The van der Waals surface area contributed by atoms with Gasteiger partial charge in [0, 0.05) is 12.3 Å². The molecule has 1 aliphatic rings. The van der Waals surface area contributed by atoms with Crippen LogP contribution in [-0.4, -0.2) is 33.9 Å². The second-order valence-corrected chi connectivity index (χ2v) is 8.54. The topological polar surface area (TPSA) is 73.2 Å². The molecule has 1 amide bonds. The van der Waals surface area contributed by atoms with Crippen LogP contribution in [0.15, 0.2) is 52.4 Å². The number of ether oxygens (including phenoxy) is 1. The van der Waals surface area contributed by atoms with E-state index in [1.165, 1.54) is 17.3 Å². The summed E-state index contributed by atoms with van der Waals surface area (Å²) in [5, 5.41) is 4.05. The van der Waals surface area contributed by atoms with Crippen molar-refractivity contribution in [2.75, 3.05) is 17.7 Å². The lowest BCUT2D eigenvalue weighted by atomic mass is 10.1. The number of thioether (sulfide) groups is 1. The number of benzene rings is 2. The van der Waals surface area contributed by atoms with E-state index in [0.717, 1.165) is 30.7 Å². The van der Waals surface area contributed by atoms with Crippen molar-refractivity contribution in [2.45, 2.75) is 44.5 Å². The zero-order chi connectivity index (χ0) is 21.1. The average molecular weight is 424 g/mol. The van der Waals surface area contributed by atoms with E-state index in [1.54, 1.807) is 10.6 Å². The fourth-order valence-corrected chi connectivity index (χ4v) is 4.37. The van der Waals surface area contributed by atoms with Gasteiger partial charge in [0.2, 0.25) is 5.91 Å². The van der Waals surface area contributed by atoms with Crippen molar-refractivity contribution in [3.8, 4) is 0 Å². The standard InChI is InChI=1S/C23H25N3O3S/c1-15-9-10-17(12-16(15)2)24-21(27)14-30-23-25-20-8-4-3-7-19(20)22(28)26(23)13-18-6-5-11-29-18/h3-4,7-10,12,18H,5-6,11,13-14H2,1-2H3,(H,24,27). The van der Waals surface area contributed by atoms with Crippen LogP contribution in [0.25, 0.3) is 10.9 Å². The minimum Gasteiger partial charge on any atom is -0.376 e. The highest BCUT2D eigenvalue weighted by Gasteiger charge is 2.20. The Kier molecular flexibility index (Phi) is 6.20. The summed E-state index contributed by atoms with van der Waals surface area (Å²) in [5.41, 5.74) is 3.63. The van der Waals surface area contributed by atoms with E-state index < -0.39 is 0 Å². The molecule has 3 aromatic rings. The van der Waals surface area contributed by atoms with Crippen LogP contribution < -0.4 is 10.9 Å². The second kappa shape index (κ2) is 9.02. The summed E-state index contributed by atoms with van der Waals surface area (Å²) in [6.07, 6.45) is 1.94. The fourth-order valence-electron chi connectivity index (χ4n) is 3.56. The Bertz CT molecular complexity index is 1140. The molecule has 156 valence electrons. The van der Waals surface area contributed by atoms with Gasteiger partial charge in [-0.2, -0.15) is 0 Å². The summed E-state index contributed by atoms with van der Waals surface area (Å²) in [5.74, 6) is 0.0396. The van der Waals surface area contributed by atoms with E-state index in [4.69, 9.17) is 4.74 Å². The molecule has 30 heavy (non-hydrogen) atoms. The van der Waals surface area contributed by atoms with Crippen LogP contribution in [0.2, 0.25) is 0 Å². The first kappa shape index (κ1) is 20.6. The molecule has 1 aromatic heterocycles. The SMILES string of the molecule is Cc1ccc(NC(=O)CSc2nc3ccccc3c(=O)n2CC2CCCO2)cc1C. The third-order valence-electron chi connectivity index (χ3n) is 5.36. The van der Waals surface area contributed by atoms with Crippen LogP contribution in [0.4, 0.5) is 5.69 Å². The smallest absolute Gasteiger partial charge is 0.262 e. The maximum absolute atomic E-state index is 13.1. The van der Waals surface area contributed by atoms with Gasteiger partial charge in [0.25, 0.3) is 5.56 Å². The number of rotatable bonds is 6. The number of nitrogens with one attached hydrogen (secondary N) is 1. The van der Waals surface area contributed by atoms with E-state index in [0.29, 0.717) is 22.6 Å². The number of carbonyl (C=O) groups excluding carboxylic acids is 1. The summed E-state index contributed by atoms with van der Waals surface area (Å²) in [7, 11) is 0. The zero-order valence-electron chi connectivity index (χ0n) is 17.2. The van der Waals surface area contributed by atoms with Crippen molar-refractivity contribution in [1.29, 1.82) is 0 Å². The van der Waals surface area contributed by atoms with Crippen molar-refractivity contribution in [1.82, 2.24) is 9.55 Å². The Morgan fingerprint density at radius 1 is 1.23 bits per heavy atom. The first-order chi connectivity index (χ1) is 14.5. The summed E-state index contributed by atoms with van der Waals surface area (Å²) in [6.45, 7) is 5.23. The molecular weight excluding hydrogens is 398 g/mol. The Hall–Kier alpha value is -2.64. The second-order valence-electron chi connectivity index (χ2n) is 7.60. The molecule has 1 unspecified atom stereocenters. The average Bonchev–Trinajstić information content (AvgIpc) is 3.25. The predicted octanol–water partition coefficient (Wildman–Crippen LogP) is 3.92. The molecular formula is C23H25N3O3S. The number of carbonyl (C=O) groups is 1. The predicted molar refractivity (Wildman–Crippen MR) is 120 cm³/mol. The molecule has 1 saturated heterocycles. The van der Waals surface area contributed by atoms with Gasteiger partial charge < -0.3 is 10.1 Å². The maximum Gasteiger partial charge on any atom is 0.262 e. The highest BCUT2D eigenvalue weighted by Crippen LogP contribution is 2.22. The first-order valence-electron chi connectivity index (χ1n) is 10.1. The molecule has 2 aromatic carbocycles. The summed E-state index contributed by atoms with van der Waals surface area (Å²) in [4.78, 5) is 30.3. The molecule has 1 fully saturated rings. The number of aromatic nitrogens is 2. The summed E-state index contributed by atoms with van der Waals surface area (Å²) < 4.78 is 7.39. The van der Waals surface area contributed by atoms with Crippen molar-refractivity contribution >= 4 is 34.3 Å². The van der Waals surface area contributed by atoms with Gasteiger partial charge in [-0.1, -0.05) is 30.0 Å². The van der Waals surface area contributed by atoms with Gasteiger partial charge in [0.05, 0.1) is 29.3 Å². The Morgan fingerprint density at radius 3 is 2.83 bits per heavy atom. The monoisotopic (exact) mass is 423 g/mol. The lowest BCUT2D eigenvalue weighted by Crippen LogP contribution is -2.29. The lowest BCUT2D eigenvalue weighted by Gasteiger charge is -2.16. The van der Waals surface area contributed by atoms with Crippen molar-refractivity contribution < 1.29 is 9.53 Å². The number of aryl methyl sites for hydroxylation is 2. The zero-order valence-corrected chi connectivity index (χ0v) is 18.0. The highest BCUT2D eigenvalue weighted by atomic mass is 32.2. The molecule has 0 bridgehead atoms. The molecule has 0 aliphatic carbocycles. The minimum atomic E-state index is -0.130. The Balaban J connectivity index is 1.55. The highest BCUT2D eigenvalue weighted by molar-refractivity contribution is 7.99. The third kappa shape index (κ3) is 4.57. The van der Waals surface area contributed by atoms with Gasteiger partial charge in [-0.25, -0.2) is 4.98 Å². The molecule has 1 atom stereocenters. The minimum absolute atomic E-state index is 0.00868. The van der Waals surface area contributed by atoms with E-state index in [1.807, 2.05) is 50.2 Å². The molecule has 0 radical (unpaired) electrons. The molecule has 0 spiro atoms. The van der Waals surface area contributed by atoms with Crippen LogP contribution in [-0.2, 0) is 16.1 Å². The largest absolute Gasteiger partial charge is 0.376 e. The van der Waals surface area contributed by atoms with Crippen LogP contribution in [0.1, 0.15) is 24.0 Å².